The van der Waals surface area contributed by atoms with Gasteiger partial charge in [0.05, 0.1) is 17.1 Å². The number of hydrogen-bond donors (Lipinski definition) is 2. The zero-order valence-corrected chi connectivity index (χ0v) is 19.6. The first kappa shape index (κ1) is 22.6. The smallest absolute Gasteiger partial charge is 0.241 e. The van der Waals surface area contributed by atoms with Crippen LogP contribution in [0.4, 0.5) is 22.7 Å². The number of sulfonamides is 1. The normalized spacial score (nSPS) is 13.8. The first-order valence-corrected chi connectivity index (χ1v) is 12.8. The second-order valence-corrected chi connectivity index (χ2v) is 10.2. The number of benzene rings is 4. The summed E-state index contributed by atoms with van der Waals surface area (Å²) in [5.41, 5.74) is 3.02. The number of amides is 2. The van der Waals surface area contributed by atoms with Gasteiger partial charge in [0.15, 0.2) is 0 Å². The maximum atomic E-state index is 13.0. The topological polar surface area (TPSA) is 95.6 Å². The van der Waals surface area contributed by atoms with Gasteiger partial charge in [-0.1, -0.05) is 60.7 Å². The Morgan fingerprint density at radius 2 is 1.54 bits per heavy atom. The molecule has 0 fully saturated rings. The van der Waals surface area contributed by atoms with Gasteiger partial charge >= 0.3 is 0 Å². The molecule has 1 aliphatic heterocycles. The summed E-state index contributed by atoms with van der Waals surface area (Å²) in [5, 5.41) is 4.65. The van der Waals surface area contributed by atoms with Crippen molar-refractivity contribution in [1.82, 2.24) is 0 Å². The zero-order chi connectivity index (χ0) is 24.4. The molecule has 0 atom stereocenters. The molecule has 176 valence electrons. The van der Waals surface area contributed by atoms with E-state index in [1.54, 1.807) is 30.3 Å². The fraction of sp³-hybridized carbons (Fsp3) is 0.111. The van der Waals surface area contributed by atoms with Gasteiger partial charge in [0.25, 0.3) is 0 Å². The Balaban J connectivity index is 1.41. The minimum absolute atomic E-state index is 0.0440. The van der Waals surface area contributed by atoms with E-state index < -0.39 is 10.0 Å². The molecule has 5 rings (SSSR count). The molecule has 35 heavy (non-hydrogen) atoms. The van der Waals surface area contributed by atoms with Crippen LogP contribution in [0.25, 0.3) is 10.8 Å². The van der Waals surface area contributed by atoms with Crippen LogP contribution in [-0.4, -0.2) is 26.0 Å². The van der Waals surface area contributed by atoms with Gasteiger partial charge in [0.1, 0.15) is 6.42 Å². The lowest BCUT2D eigenvalue weighted by atomic mass is 10.1. The fourth-order valence-electron chi connectivity index (χ4n) is 4.20. The van der Waals surface area contributed by atoms with Crippen LogP contribution in [0.2, 0.25) is 0 Å². The Morgan fingerprint density at radius 3 is 2.31 bits per heavy atom. The average molecular weight is 486 g/mol. The van der Waals surface area contributed by atoms with Crippen molar-refractivity contribution in [3.8, 4) is 0 Å². The number of fused-ring (bicyclic) bond motifs is 3. The van der Waals surface area contributed by atoms with E-state index in [-0.39, 0.29) is 24.0 Å². The van der Waals surface area contributed by atoms with Gasteiger partial charge in [-0.05, 0) is 47.7 Å². The molecule has 1 heterocycles. The molecule has 4 aromatic rings. The van der Waals surface area contributed by atoms with Crippen molar-refractivity contribution in [2.24, 2.45) is 0 Å². The highest BCUT2D eigenvalue weighted by molar-refractivity contribution is 7.92. The molecule has 4 aromatic carbocycles. The first-order valence-electron chi connectivity index (χ1n) is 11.2. The Bertz CT molecular complexity index is 1520. The molecule has 0 saturated heterocycles. The number of rotatable bonds is 6. The molecule has 2 amide bonds. The van der Waals surface area contributed by atoms with E-state index in [1.807, 2.05) is 60.7 Å². The molecule has 7 nitrogen and oxygen atoms in total. The van der Waals surface area contributed by atoms with Crippen molar-refractivity contribution in [2.45, 2.75) is 12.8 Å². The summed E-state index contributed by atoms with van der Waals surface area (Å²) in [7, 11) is -3.55. The van der Waals surface area contributed by atoms with Gasteiger partial charge in [0.2, 0.25) is 21.8 Å². The summed E-state index contributed by atoms with van der Waals surface area (Å²) < 4.78 is 27.7. The summed E-state index contributed by atoms with van der Waals surface area (Å²) in [6.07, 6.45) is 0.110. The second-order valence-electron chi connectivity index (χ2n) is 8.34. The van der Waals surface area contributed by atoms with Crippen LogP contribution in [0.5, 0.6) is 0 Å². The SMILES string of the molecule is O=C1CC(=O)N(c2ccc(NS(=O)(=O)CCc3ccccc3)cc2)c2ccc3ccccc3c2N1. The fourth-order valence-corrected chi connectivity index (χ4v) is 5.30. The van der Waals surface area contributed by atoms with Crippen LogP contribution in [-0.2, 0) is 26.0 Å². The minimum atomic E-state index is -3.55. The molecule has 0 aromatic heterocycles. The Morgan fingerprint density at radius 1 is 0.829 bits per heavy atom. The molecule has 0 saturated carbocycles. The van der Waals surface area contributed by atoms with E-state index >= 15 is 0 Å². The minimum Gasteiger partial charge on any atom is -0.323 e. The summed E-state index contributed by atoms with van der Waals surface area (Å²) in [4.78, 5) is 26.9. The summed E-state index contributed by atoms with van der Waals surface area (Å²) in [6, 6.07) is 27.3. The first-order chi connectivity index (χ1) is 16.9. The highest BCUT2D eigenvalue weighted by Crippen LogP contribution is 2.40. The maximum absolute atomic E-state index is 13.0. The van der Waals surface area contributed by atoms with Gasteiger partial charge in [-0.2, -0.15) is 0 Å². The van der Waals surface area contributed by atoms with Crippen LogP contribution in [0.15, 0.2) is 91.0 Å². The Labute approximate surface area is 203 Å². The van der Waals surface area contributed by atoms with E-state index in [9.17, 15) is 18.0 Å². The van der Waals surface area contributed by atoms with Crippen molar-refractivity contribution in [1.29, 1.82) is 0 Å². The standard InChI is InChI=1S/C27H23N3O4S/c31-25-18-26(32)30(24-15-10-20-8-4-5-9-23(20)27(24)28-25)22-13-11-21(12-14-22)29-35(33,34)17-16-19-6-2-1-3-7-19/h1-15,29H,16-18H2,(H,28,31). The monoisotopic (exact) mass is 485 g/mol. The van der Waals surface area contributed by atoms with E-state index in [2.05, 4.69) is 10.0 Å². The van der Waals surface area contributed by atoms with E-state index in [0.29, 0.717) is 29.2 Å². The van der Waals surface area contributed by atoms with E-state index in [4.69, 9.17) is 0 Å². The molecule has 0 aliphatic carbocycles. The van der Waals surface area contributed by atoms with Crippen molar-refractivity contribution < 1.29 is 18.0 Å². The molecule has 8 heteroatoms. The number of nitrogens with one attached hydrogen (secondary N) is 2. The van der Waals surface area contributed by atoms with Crippen LogP contribution < -0.4 is 14.9 Å². The summed E-state index contributed by atoms with van der Waals surface area (Å²) >= 11 is 0. The molecule has 0 unspecified atom stereocenters. The molecular formula is C27H23N3O4S. The van der Waals surface area contributed by atoms with Crippen LogP contribution in [0, 0.1) is 0 Å². The van der Waals surface area contributed by atoms with Crippen molar-refractivity contribution in [3.05, 3.63) is 96.6 Å². The zero-order valence-electron chi connectivity index (χ0n) is 18.8. The van der Waals surface area contributed by atoms with Crippen molar-refractivity contribution >= 4 is 55.4 Å². The van der Waals surface area contributed by atoms with Crippen molar-refractivity contribution in [3.63, 3.8) is 0 Å². The van der Waals surface area contributed by atoms with Gasteiger partial charge in [-0.15, -0.1) is 0 Å². The quantitative estimate of drug-likeness (QED) is 0.383. The third-order valence-electron chi connectivity index (χ3n) is 5.87. The lowest BCUT2D eigenvalue weighted by Gasteiger charge is -2.23. The number of aryl methyl sites for hydroxylation is 1. The molecule has 1 aliphatic rings. The highest BCUT2D eigenvalue weighted by Gasteiger charge is 2.28. The lowest BCUT2D eigenvalue weighted by Crippen LogP contribution is -2.26. The lowest BCUT2D eigenvalue weighted by molar-refractivity contribution is -0.124. The summed E-state index contributed by atoms with van der Waals surface area (Å²) in [6.45, 7) is 0. The number of carbonyl (C=O) groups excluding carboxylic acids is 2. The molecule has 0 spiro atoms. The molecule has 0 bridgehead atoms. The Hall–Kier alpha value is -4.17. The van der Waals surface area contributed by atoms with Crippen molar-refractivity contribution in [2.75, 3.05) is 20.7 Å². The van der Waals surface area contributed by atoms with Gasteiger partial charge < -0.3 is 5.32 Å². The maximum Gasteiger partial charge on any atom is 0.241 e. The van der Waals surface area contributed by atoms with Crippen LogP contribution >= 0.6 is 0 Å². The highest BCUT2D eigenvalue weighted by atomic mass is 32.2. The van der Waals surface area contributed by atoms with Gasteiger partial charge in [-0.25, -0.2) is 8.42 Å². The number of carbonyl (C=O) groups is 2. The van der Waals surface area contributed by atoms with E-state index in [0.717, 1.165) is 16.3 Å². The van der Waals surface area contributed by atoms with Crippen LogP contribution in [0.1, 0.15) is 12.0 Å². The number of nitrogens with zero attached hydrogens (tertiary/aromatic N) is 1. The average Bonchev–Trinajstić information content (AvgIpc) is 2.98. The third-order valence-corrected chi connectivity index (χ3v) is 7.16. The Kier molecular flexibility index (Phi) is 5.96. The van der Waals surface area contributed by atoms with Gasteiger partial charge in [-0.3, -0.25) is 19.2 Å². The summed E-state index contributed by atoms with van der Waals surface area (Å²) in [5.74, 6) is -0.789. The number of anilines is 4. The van der Waals surface area contributed by atoms with E-state index in [1.165, 1.54) is 4.90 Å². The third kappa shape index (κ3) is 4.88. The molecular weight excluding hydrogens is 462 g/mol. The van der Waals surface area contributed by atoms with Crippen LogP contribution in [0.3, 0.4) is 0 Å². The second kappa shape index (κ2) is 9.23. The molecule has 0 radical (unpaired) electrons. The number of hydrogen-bond acceptors (Lipinski definition) is 4. The molecule has 2 N–H and O–H groups in total. The van der Waals surface area contributed by atoms with Gasteiger partial charge in [0, 0.05) is 16.8 Å². The largest absolute Gasteiger partial charge is 0.323 e. The predicted molar refractivity (Wildman–Crippen MR) is 138 cm³/mol. The predicted octanol–water partition coefficient (Wildman–Crippen LogP) is 4.83.